The van der Waals surface area contributed by atoms with Gasteiger partial charge in [0.15, 0.2) is 24.7 Å². The van der Waals surface area contributed by atoms with E-state index < -0.39 is 11.6 Å². The van der Waals surface area contributed by atoms with E-state index in [1.54, 1.807) is 7.05 Å². The van der Waals surface area contributed by atoms with Gasteiger partial charge in [-0.1, -0.05) is 6.92 Å². The third kappa shape index (κ3) is 6.31. The minimum absolute atomic E-state index is 0.0541. The summed E-state index contributed by atoms with van der Waals surface area (Å²) < 4.78 is 25.8. The predicted octanol–water partition coefficient (Wildman–Crippen LogP) is -0.0558. The zero-order chi connectivity index (χ0) is 15.8. The molecule has 1 aromatic carbocycles. The molecule has 5 nitrogen and oxygen atoms in total. The van der Waals surface area contributed by atoms with Gasteiger partial charge in [0.05, 0.1) is 7.05 Å². The Morgan fingerprint density at radius 1 is 1.14 bits per heavy atom. The van der Waals surface area contributed by atoms with Gasteiger partial charge in [-0.2, -0.15) is 0 Å². The number of amides is 2. The van der Waals surface area contributed by atoms with Crippen LogP contribution in [0.1, 0.15) is 13.3 Å². The Hall–Kier alpha value is -2.02. The summed E-state index contributed by atoms with van der Waals surface area (Å²) in [4.78, 5) is 23.9. The lowest BCUT2D eigenvalue weighted by Crippen LogP contribution is -3.11. The number of likely N-dealkylation sites (N-methyl/N-ethyl adjacent to an activating group) is 1. The smallest absolute Gasteiger partial charge is 0.279 e. The van der Waals surface area contributed by atoms with Gasteiger partial charge in [-0.3, -0.25) is 9.59 Å². The van der Waals surface area contributed by atoms with E-state index >= 15 is 0 Å². The van der Waals surface area contributed by atoms with Crippen LogP contribution in [0.3, 0.4) is 0 Å². The maximum absolute atomic E-state index is 13.0. The molecule has 116 valence electrons. The molecule has 0 saturated heterocycles. The predicted molar refractivity (Wildman–Crippen MR) is 74.9 cm³/mol. The maximum Gasteiger partial charge on any atom is 0.279 e. The molecule has 0 radical (unpaired) electrons. The Morgan fingerprint density at radius 3 is 2.43 bits per heavy atom. The summed E-state index contributed by atoms with van der Waals surface area (Å²) in [6.07, 6.45) is 0.849. The molecule has 3 N–H and O–H groups in total. The molecule has 0 aromatic heterocycles. The summed E-state index contributed by atoms with van der Waals surface area (Å²) in [5.41, 5.74) is 0.183. The number of carbonyl (C=O) groups is 2. The first kappa shape index (κ1) is 17.0. The molecule has 1 atom stereocenters. The average molecular weight is 300 g/mol. The van der Waals surface area contributed by atoms with Crippen LogP contribution in [0.25, 0.3) is 0 Å². The van der Waals surface area contributed by atoms with Crippen LogP contribution in [-0.2, 0) is 9.59 Å². The fourth-order valence-electron chi connectivity index (χ4n) is 1.72. The first-order valence-electron chi connectivity index (χ1n) is 6.75. The van der Waals surface area contributed by atoms with Gasteiger partial charge in [0, 0.05) is 18.3 Å². The fraction of sp³-hybridized carbons (Fsp3) is 0.429. The normalized spacial score (nSPS) is 11.8. The van der Waals surface area contributed by atoms with Gasteiger partial charge >= 0.3 is 0 Å². The van der Waals surface area contributed by atoms with E-state index in [0.717, 1.165) is 18.6 Å². The number of halogens is 2. The van der Waals surface area contributed by atoms with Gasteiger partial charge in [-0.25, -0.2) is 8.78 Å². The van der Waals surface area contributed by atoms with Crippen LogP contribution in [0.15, 0.2) is 18.2 Å². The first-order valence-corrected chi connectivity index (χ1v) is 6.75. The van der Waals surface area contributed by atoms with E-state index in [0.29, 0.717) is 11.4 Å². The van der Waals surface area contributed by atoms with Crippen molar-refractivity contribution in [3.05, 3.63) is 29.8 Å². The highest BCUT2D eigenvalue weighted by Gasteiger charge is 2.14. The second-order valence-electron chi connectivity index (χ2n) is 4.84. The van der Waals surface area contributed by atoms with E-state index in [1.165, 1.54) is 6.07 Å². The van der Waals surface area contributed by atoms with Crippen molar-refractivity contribution >= 4 is 17.5 Å². The number of benzene rings is 1. The quantitative estimate of drug-likeness (QED) is 0.661. The number of nitrogens with one attached hydrogen (secondary N) is 3. The van der Waals surface area contributed by atoms with E-state index in [9.17, 15) is 18.4 Å². The van der Waals surface area contributed by atoms with Gasteiger partial charge in [-0.15, -0.1) is 0 Å². The van der Waals surface area contributed by atoms with E-state index in [-0.39, 0.29) is 30.6 Å². The van der Waals surface area contributed by atoms with Crippen molar-refractivity contribution in [1.82, 2.24) is 5.32 Å². The van der Waals surface area contributed by atoms with E-state index in [4.69, 9.17) is 0 Å². The molecular formula is C14H20F2N3O2+. The second-order valence-corrected chi connectivity index (χ2v) is 4.84. The Kier molecular flexibility index (Phi) is 6.74. The average Bonchev–Trinajstić information content (AvgIpc) is 2.40. The minimum Gasteiger partial charge on any atom is -0.351 e. The number of anilines is 1. The summed E-state index contributed by atoms with van der Waals surface area (Å²) in [5.74, 6) is -2.49. The second kappa shape index (κ2) is 8.31. The Morgan fingerprint density at radius 2 is 1.81 bits per heavy atom. The van der Waals surface area contributed by atoms with Crippen LogP contribution < -0.4 is 15.5 Å². The zero-order valence-electron chi connectivity index (χ0n) is 12.1. The molecule has 0 saturated carbocycles. The monoisotopic (exact) mass is 300 g/mol. The highest BCUT2D eigenvalue weighted by Crippen LogP contribution is 2.12. The molecular weight excluding hydrogens is 280 g/mol. The van der Waals surface area contributed by atoms with Crippen molar-refractivity contribution < 1.29 is 23.3 Å². The van der Waals surface area contributed by atoms with Gasteiger partial charge in [0.25, 0.3) is 11.8 Å². The standard InChI is InChI=1S/C14H19F2N3O2/c1-3-6-17-13(20)8-19(2)9-14(21)18-10-4-5-11(15)12(16)7-10/h4-5,7H,3,6,8-9H2,1-2H3,(H,17,20)(H,18,21)/p+1. The van der Waals surface area contributed by atoms with Crippen molar-refractivity contribution in [1.29, 1.82) is 0 Å². The third-order valence-electron chi connectivity index (χ3n) is 2.70. The zero-order valence-corrected chi connectivity index (χ0v) is 12.1. The van der Waals surface area contributed by atoms with Crippen LogP contribution >= 0.6 is 0 Å². The molecule has 0 aliphatic carbocycles. The third-order valence-corrected chi connectivity index (χ3v) is 2.70. The number of hydrogen-bond donors (Lipinski definition) is 3. The lowest BCUT2D eigenvalue weighted by atomic mass is 10.3. The van der Waals surface area contributed by atoms with Crippen molar-refractivity contribution in [2.24, 2.45) is 0 Å². The SMILES string of the molecule is CCCNC(=O)C[NH+](C)CC(=O)Nc1ccc(F)c(F)c1. The molecule has 0 aliphatic heterocycles. The molecule has 21 heavy (non-hydrogen) atoms. The number of rotatable bonds is 7. The van der Waals surface area contributed by atoms with Gasteiger partial charge in [0.1, 0.15) is 0 Å². The first-order chi connectivity index (χ1) is 9.92. The van der Waals surface area contributed by atoms with Crippen molar-refractivity contribution in [3.8, 4) is 0 Å². The molecule has 0 heterocycles. The van der Waals surface area contributed by atoms with Crippen LogP contribution in [0.2, 0.25) is 0 Å². The van der Waals surface area contributed by atoms with E-state index in [1.807, 2.05) is 6.92 Å². The Bertz CT molecular complexity index is 509. The summed E-state index contributed by atoms with van der Waals surface area (Å²) in [6, 6.07) is 3.13. The Balaban J connectivity index is 2.42. The molecule has 1 rings (SSSR count). The molecule has 1 aromatic rings. The molecule has 0 aliphatic rings. The van der Waals surface area contributed by atoms with Crippen LogP contribution in [0.5, 0.6) is 0 Å². The minimum atomic E-state index is -1.02. The lowest BCUT2D eigenvalue weighted by molar-refractivity contribution is -0.862. The number of quaternary nitrogens is 1. The number of carbonyl (C=O) groups excluding carboxylic acids is 2. The summed E-state index contributed by atoms with van der Waals surface area (Å²) in [7, 11) is 1.70. The van der Waals surface area contributed by atoms with Crippen molar-refractivity contribution in [2.45, 2.75) is 13.3 Å². The molecule has 0 bridgehead atoms. The summed E-state index contributed by atoms with van der Waals surface area (Å²) in [6.45, 7) is 2.78. The van der Waals surface area contributed by atoms with Gasteiger partial charge in [-0.05, 0) is 18.6 Å². The largest absolute Gasteiger partial charge is 0.351 e. The van der Waals surface area contributed by atoms with Gasteiger partial charge < -0.3 is 15.5 Å². The molecule has 2 amide bonds. The Labute approximate surface area is 122 Å². The number of hydrogen-bond acceptors (Lipinski definition) is 2. The fourth-order valence-corrected chi connectivity index (χ4v) is 1.72. The summed E-state index contributed by atoms with van der Waals surface area (Å²) in [5, 5.41) is 5.18. The van der Waals surface area contributed by atoms with Gasteiger partial charge in [0.2, 0.25) is 0 Å². The lowest BCUT2D eigenvalue weighted by Gasteiger charge is -2.13. The maximum atomic E-state index is 13.0. The van der Waals surface area contributed by atoms with Crippen molar-refractivity contribution in [3.63, 3.8) is 0 Å². The molecule has 1 unspecified atom stereocenters. The van der Waals surface area contributed by atoms with Crippen LogP contribution in [-0.4, -0.2) is 38.5 Å². The van der Waals surface area contributed by atoms with Crippen LogP contribution in [0, 0.1) is 11.6 Å². The topological polar surface area (TPSA) is 62.6 Å². The molecule has 0 spiro atoms. The highest BCUT2D eigenvalue weighted by atomic mass is 19.2. The van der Waals surface area contributed by atoms with Crippen molar-refractivity contribution in [2.75, 3.05) is 32.0 Å². The highest BCUT2D eigenvalue weighted by molar-refractivity contribution is 5.91. The molecule has 0 fully saturated rings. The van der Waals surface area contributed by atoms with Crippen LogP contribution in [0.4, 0.5) is 14.5 Å². The summed E-state index contributed by atoms with van der Waals surface area (Å²) >= 11 is 0. The van der Waals surface area contributed by atoms with E-state index in [2.05, 4.69) is 10.6 Å². The molecule has 7 heteroatoms.